The van der Waals surface area contributed by atoms with Gasteiger partial charge in [-0.15, -0.1) is 0 Å². The standard InChI is InChI=1S/C32H33N5O2Si.C26H35BN4O3Si.C26H19N5O.2C11H9BrN2O.C9H7BrN2/c1-21(38)33-27-14-8-10-24-23(9-7-11-25(24)27)22-15-16-30-26(19-22)31(32-34-28-12-5-6-13-29(28)35-32)36-37(30)20-39-17-18-40(2,3)4;1-25(2)26(3,4)34-27(33-25)18-12-13-22-19(16-18)23(24-28-20-10-8-9-11-21(20)29-24)30-31(22)17-32-14-15-35(5,6)7;1-15(32)27-21-11-5-7-18-17(6-4-8-19(18)21)16-12-13-22-20(14-16)25(31-30-22)26-28-23-9-2-3-10-24(23)29-26;2*1-7(15)14-11-4-2-3-8-9(11)5-13-6-10(8)12;10-8-5-12-4-7-6(8)2-1-3-9(7)11/h5-16,19H,17-18,20H2,1-4H3,(H,33,38)(H,34,35);8-13,16H,14-15,17H2,1-7H3,(H,28,29);2-14H,1H3,(H,27,32)(H,28,29)(H,30,31);2*2-6H,1H3,(H,14,15);1-5H,11H2. The summed E-state index contributed by atoms with van der Waals surface area (Å²) in [5.41, 5.74) is 25.2. The number of halogens is 3. The minimum absolute atomic E-state index is 0.0810. The lowest BCUT2D eigenvalue weighted by atomic mass is 9.78. The van der Waals surface area contributed by atoms with Crippen molar-refractivity contribution in [3.05, 3.63) is 305 Å². The van der Waals surface area contributed by atoms with Crippen LogP contribution in [-0.4, -0.2) is 146 Å². The van der Waals surface area contributed by atoms with Crippen LogP contribution >= 0.6 is 47.8 Å². The van der Waals surface area contributed by atoms with Crippen molar-refractivity contribution in [2.45, 2.75) is 131 Å². The molecule has 10 N–H and O–H groups in total. The number of carbonyl (C=O) groups is 4. The number of rotatable bonds is 20. The van der Waals surface area contributed by atoms with Gasteiger partial charge in [-0.05, 0) is 223 Å². The first kappa shape index (κ1) is 104. The van der Waals surface area contributed by atoms with Gasteiger partial charge in [0.2, 0.25) is 23.6 Å². The van der Waals surface area contributed by atoms with Crippen molar-refractivity contribution in [2.75, 3.05) is 40.2 Å². The first-order chi connectivity index (χ1) is 71.5. The number of benzene rings is 13. The molecule has 752 valence electrons. The van der Waals surface area contributed by atoms with E-state index in [1.165, 1.54) is 27.7 Å². The van der Waals surface area contributed by atoms with Crippen molar-refractivity contribution >= 4 is 248 Å². The Labute approximate surface area is 887 Å². The number of hydrogen-bond donors (Lipinski definition) is 9. The molecule has 13 aromatic carbocycles. The molecule has 22 aromatic rings. The van der Waals surface area contributed by atoms with Gasteiger partial charge in [0.1, 0.15) is 30.5 Å². The molecule has 149 heavy (non-hydrogen) atoms. The highest BCUT2D eigenvalue weighted by Crippen LogP contribution is 2.43. The van der Waals surface area contributed by atoms with Crippen LogP contribution in [0.5, 0.6) is 0 Å². The lowest BCUT2D eigenvalue weighted by molar-refractivity contribution is -0.115. The molecule has 28 nitrogen and oxygen atoms in total. The maximum Gasteiger partial charge on any atom is 0.494 e. The van der Waals surface area contributed by atoms with E-state index in [0.717, 1.165) is 249 Å². The van der Waals surface area contributed by atoms with Crippen molar-refractivity contribution in [2.24, 2.45) is 0 Å². The SMILES string of the molecule is CC(=O)Nc1cccc2c(-c3ccc4[nH]nc(-c5nc6ccccc6[nH]5)c4c3)cccc12.CC(=O)Nc1cccc2c(-c3ccc4c(c3)c(-c3nc5ccccc5[nH]3)nn4COCC[Si](C)(C)C)cccc12.CC(=O)Nc1cccc2c(Br)cncc12.CC(=O)Nc1cccc2c(Br)cncc12.CC1(C)OB(c2ccc3c(c2)c(-c2nc4ccccc4[nH]2)nn3COCC[Si](C)(C)C)OC1(C)C.Nc1cccc2c(Br)cncc12. The lowest BCUT2D eigenvalue weighted by Gasteiger charge is -2.32. The molecule has 0 bridgehead atoms. The number of pyridine rings is 3. The Morgan fingerprint density at radius 3 is 1.15 bits per heavy atom. The summed E-state index contributed by atoms with van der Waals surface area (Å²) >= 11 is 10.3. The van der Waals surface area contributed by atoms with Crippen molar-refractivity contribution in [1.82, 2.24) is 74.6 Å². The Balaban J connectivity index is 0.000000123. The number of amides is 4. The summed E-state index contributed by atoms with van der Waals surface area (Å²) in [6, 6.07) is 86.8. The predicted molar refractivity (Wildman–Crippen MR) is 621 cm³/mol. The van der Waals surface area contributed by atoms with E-state index in [-0.39, 0.29) is 23.6 Å². The lowest BCUT2D eigenvalue weighted by Crippen LogP contribution is -2.41. The molecule has 0 atom stereocenters. The molecule has 0 aliphatic carbocycles. The zero-order valence-electron chi connectivity index (χ0n) is 84.9. The highest BCUT2D eigenvalue weighted by Gasteiger charge is 2.52. The van der Waals surface area contributed by atoms with E-state index >= 15 is 0 Å². The van der Waals surface area contributed by atoms with Crippen LogP contribution in [0.2, 0.25) is 51.4 Å². The smallest absolute Gasteiger partial charge is 0.399 e. The maximum absolute atomic E-state index is 11.8. The van der Waals surface area contributed by atoms with E-state index < -0.39 is 34.5 Å². The number of anilines is 5. The van der Waals surface area contributed by atoms with E-state index in [9.17, 15) is 19.2 Å². The van der Waals surface area contributed by atoms with Crippen molar-refractivity contribution in [1.29, 1.82) is 0 Å². The highest BCUT2D eigenvalue weighted by molar-refractivity contribution is 9.11. The van der Waals surface area contributed by atoms with Gasteiger partial charge in [0, 0.05) is 184 Å². The molecule has 1 saturated heterocycles. The number of nitrogens with two attached hydrogens (primary N) is 1. The second kappa shape index (κ2) is 44.5. The molecule has 34 heteroatoms. The number of para-hydroxylation sites is 6. The molecule has 0 saturated carbocycles. The van der Waals surface area contributed by atoms with Gasteiger partial charge in [0.05, 0.1) is 72.2 Å². The summed E-state index contributed by atoms with van der Waals surface area (Å²) in [5.74, 6) is 1.87. The van der Waals surface area contributed by atoms with Crippen molar-refractivity contribution in [3.63, 3.8) is 0 Å². The van der Waals surface area contributed by atoms with Crippen LogP contribution in [-0.2, 0) is 51.4 Å². The molecular formula is C115H112BBr3N20O8Si2. The predicted octanol–water partition coefficient (Wildman–Crippen LogP) is 27.2. The Bertz CT molecular complexity index is 8560. The molecule has 1 aliphatic heterocycles. The number of nitrogens with one attached hydrogen (secondary N) is 8. The molecule has 0 radical (unpaired) electrons. The first-order valence-electron chi connectivity index (χ1n) is 48.9. The molecule has 1 fully saturated rings. The van der Waals surface area contributed by atoms with Crippen LogP contribution < -0.4 is 32.5 Å². The number of fused-ring (bicyclic) bond motifs is 11. The Kier molecular flexibility index (Phi) is 31.0. The van der Waals surface area contributed by atoms with E-state index in [4.69, 9.17) is 49.7 Å². The van der Waals surface area contributed by atoms with Crippen LogP contribution in [0.15, 0.2) is 305 Å². The average Bonchev–Trinajstić information content (AvgIpc) is 1.58. The zero-order chi connectivity index (χ0) is 105. The van der Waals surface area contributed by atoms with Gasteiger partial charge < -0.3 is 60.7 Å². The average molecular weight is 2210 g/mol. The second-order valence-corrected chi connectivity index (χ2v) is 53.7. The molecule has 23 rings (SSSR count). The third-order valence-corrected chi connectivity index (χ3v) is 31.2. The third kappa shape index (κ3) is 23.9. The normalized spacial score (nSPS) is 12.7. The number of H-pyrrole nitrogens is 4. The van der Waals surface area contributed by atoms with Crippen LogP contribution in [0.3, 0.4) is 0 Å². The Hall–Kier alpha value is -15.1. The minimum atomic E-state index is -1.19. The van der Waals surface area contributed by atoms with Gasteiger partial charge in [-0.25, -0.2) is 24.3 Å². The number of aromatic amines is 4. The van der Waals surface area contributed by atoms with Crippen LogP contribution in [0.1, 0.15) is 55.4 Å². The number of aromatic nitrogens is 15. The Morgan fingerprint density at radius 1 is 0.376 bits per heavy atom. The summed E-state index contributed by atoms with van der Waals surface area (Å²) in [5, 5.41) is 42.2. The molecule has 0 unspecified atom stereocenters. The molecular weight excluding hydrogens is 2100 g/mol. The van der Waals surface area contributed by atoms with E-state index in [2.05, 4.69) is 249 Å². The largest absolute Gasteiger partial charge is 0.494 e. The van der Waals surface area contributed by atoms with E-state index in [1.54, 1.807) is 37.2 Å². The number of nitrogen functional groups attached to an aromatic ring is 1. The van der Waals surface area contributed by atoms with Gasteiger partial charge in [0.25, 0.3) is 0 Å². The van der Waals surface area contributed by atoms with Gasteiger partial charge in [-0.1, -0.05) is 197 Å². The van der Waals surface area contributed by atoms with E-state index in [1.807, 2.05) is 191 Å². The summed E-state index contributed by atoms with van der Waals surface area (Å²) in [6.45, 7) is 30.7. The topological polar surface area (TPSA) is 368 Å². The van der Waals surface area contributed by atoms with Crippen molar-refractivity contribution in [3.8, 4) is 56.8 Å². The maximum atomic E-state index is 11.8. The quantitative estimate of drug-likeness (QED) is 0.0194. The first-order valence-corrected chi connectivity index (χ1v) is 58.6. The number of ether oxygens (including phenoxy) is 2. The monoisotopic (exact) mass is 2200 g/mol. The number of hydrogen-bond acceptors (Lipinski definition) is 18. The summed E-state index contributed by atoms with van der Waals surface area (Å²) in [6.07, 6.45) is 10.5. The molecule has 4 amide bonds. The number of carbonyl (C=O) groups excluding carboxylic acids is 4. The fraction of sp³-hybridized carbons (Fsp3) is 0.191. The zero-order valence-corrected chi connectivity index (χ0v) is 91.7. The number of imidazole rings is 3. The Morgan fingerprint density at radius 2 is 0.732 bits per heavy atom. The van der Waals surface area contributed by atoms with Crippen LogP contribution in [0, 0.1) is 0 Å². The third-order valence-electron chi connectivity index (χ3n) is 25.9. The molecule has 1 aliphatic rings. The van der Waals surface area contributed by atoms with Crippen molar-refractivity contribution < 1.29 is 38.0 Å². The summed E-state index contributed by atoms with van der Waals surface area (Å²) < 4.78 is 31.5. The fourth-order valence-corrected chi connectivity index (χ4v) is 20.6. The molecule has 10 heterocycles. The fourth-order valence-electron chi connectivity index (χ4n) is 17.7. The highest BCUT2D eigenvalue weighted by atomic mass is 79.9. The second-order valence-electron chi connectivity index (χ2n) is 39.9. The number of nitrogens with zero attached hydrogens (tertiary/aromatic N) is 11. The van der Waals surface area contributed by atoms with Gasteiger partial charge in [-0.3, -0.25) is 39.2 Å². The van der Waals surface area contributed by atoms with Crippen LogP contribution in [0.4, 0.5) is 28.4 Å². The molecule has 0 spiro atoms. The van der Waals surface area contributed by atoms with Gasteiger partial charge in [0.15, 0.2) is 17.5 Å². The van der Waals surface area contributed by atoms with Gasteiger partial charge >= 0.3 is 7.12 Å². The molecule has 9 aromatic heterocycles. The van der Waals surface area contributed by atoms with E-state index in [0.29, 0.717) is 13.5 Å². The summed E-state index contributed by atoms with van der Waals surface area (Å²) in [4.78, 5) is 82.3. The minimum Gasteiger partial charge on any atom is -0.399 e. The van der Waals surface area contributed by atoms with Gasteiger partial charge in [-0.2, -0.15) is 15.3 Å². The van der Waals surface area contributed by atoms with Crippen LogP contribution in [0.25, 0.3) is 176 Å². The summed E-state index contributed by atoms with van der Waals surface area (Å²) in [7, 11) is -2.79.